The molecule has 1 unspecified atom stereocenters. The molecular formula is C19H32N4O2. The summed E-state index contributed by atoms with van der Waals surface area (Å²) in [5.41, 5.74) is 2.43. The number of rotatable bonds is 7. The fourth-order valence-corrected chi connectivity index (χ4v) is 3.13. The molecule has 6 nitrogen and oxygen atoms in total. The molecule has 1 aliphatic heterocycles. The second-order valence-electron chi connectivity index (χ2n) is 6.97. The van der Waals surface area contributed by atoms with E-state index in [1.54, 1.807) is 0 Å². The van der Waals surface area contributed by atoms with Gasteiger partial charge in [-0.1, -0.05) is 13.3 Å². The summed E-state index contributed by atoms with van der Waals surface area (Å²) in [7, 11) is 4.08. The molecule has 0 saturated carbocycles. The van der Waals surface area contributed by atoms with E-state index in [1.807, 2.05) is 21.0 Å². The topological polar surface area (TPSA) is 67.8 Å². The number of aliphatic hydroxyl groups excluding tert-OH is 1. The van der Waals surface area contributed by atoms with Crippen molar-refractivity contribution in [3.8, 4) is 0 Å². The smallest absolute Gasteiger partial charge is 0.315 e. The number of urea groups is 1. The van der Waals surface area contributed by atoms with Gasteiger partial charge in [-0.15, -0.1) is 0 Å². The maximum atomic E-state index is 11.9. The van der Waals surface area contributed by atoms with E-state index in [1.165, 1.54) is 11.4 Å². The largest absolute Gasteiger partial charge is 0.391 e. The SMILES string of the molecule is CCCC(O)CNC(=O)NC1CCN(c2ccc(N(C)C)cc2)CC1. The van der Waals surface area contributed by atoms with Crippen LogP contribution in [0.2, 0.25) is 0 Å². The molecule has 2 amide bonds. The quantitative estimate of drug-likeness (QED) is 0.706. The number of benzene rings is 1. The minimum Gasteiger partial charge on any atom is -0.391 e. The number of nitrogens with one attached hydrogen (secondary N) is 2. The third-order valence-electron chi connectivity index (χ3n) is 4.68. The van der Waals surface area contributed by atoms with Gasteiger partial charge in [0, 0.05) is 51.1 Å². The lowest BCUT2D eigenvalue weighted by Gasteiger charge is -2.34. The lowest BCUT2D eigenvalue weighted by atomic mass is 10.0. The third kappa shape index (κ3) is 6.12. The van der Waals surface area contributed by atoms with Crippen LogP contribution in [0.5, 0.6) is 0 Å². The second kappa shape index (κ2) is 9.51. The number of nitrogens with zero attached hydrogens (tertiary/aromatic N) is 2. The summed E-state index contributed by atoms with van der Waals surface area (Å²) in [5.74, 6) is 0. The van der Waals surface area contributed by atoms with Crippen molar-refractivity contribution in [2.24, 2.45) is 0 Å². The van der Waals surface area contributed by atoms with Crippen LogP contribution in [-0.2, 0) is 0 Å². The van der Waals surface area contributed by atoms with Gasteiger partial charge in [-0.25, -0.2) is 4.79 Å². The van der Waals surface area contributed by atoms with Crippen molar-refractivity contribution in [3.63, 3.8) is 0 Å². The van der Waals surface area contributed by atoms with Gasteiger partial charge >= 0.3 is 6.03 Å². The number of hydrogen-bond donors (Lipinski definition) is 3. The zero-order valence-corrected chi connectivity index (χ0v) is 15.7. The average Bonchev–Trinajstić information content (AvgIpc) is 2.61. The predicted octanol–water partition coefficient (Wildman–Crippen LogP) is 2.18. The van der Waals surface area contributed by atoms with Crippen molar-refractivity contribution >= 4 is 17.4 Å². The Morgan fingerprint density at radius 1 is 1.28 bits per heavy atom. The van der Waals surface area contributed by atoms with E-state index < -0.39 is 6.10 Å². The van der Waals surface area contributed by atoms with E-state index in [4.69, 9.17) is 0 Å². The predicted molar refractivity (Wildman–Crippen MR) is 103 cm³/mol. The lowest BCUT2D eigenvalue weighted by molar-refractivity contribution is 0.159. The number of hydrogen-bond acceptors (Lipinski definition) is 4. The van der Waals surface area contributed by atoms with Crippen LogP contribution in [-0.4, -0.2) is 57.0 Å². The van der Waals surface area contributed by atoms with Crippen LogP contribution in [0.4, 0.5) is 16.2 Å². The number of amides is 2. The molecule has 0 aliphatic carbocycles. The van der Waals surface area contributed by atoms with Gasteiger partial charge in [0.25, 0.3) is 0 Å². The maximum Gasteiger partial charge on any atom is 0.315 e. The Morgan fingerprint density at radius 3 is 2.48 bits per heavy atom. The Hall–Kier alpha value is -1.95. The summed E-state index contributed by atoms with van der Waals surface area (Å²) in [4.78, 5) is 16.4. The van der Waals surface area contributed by atoms with Crippen LogP contribution < -0.4 is 20.4 Å². The van der Waals surface area contributed by atoms with Crippen LogP contribution in [0.1, 0.15) is 32.6 Å². The van der Waals surface area contributed by atoms with Crippen LogP contribution in [0, 0.1) is 0 Å². The first kappa shape index (κ1) is 19.4. The fraction of sp³-hybridized carbons (Fsp3) is 0.632. The molecule has 1 atom stereocenters. The van der Waals surface area contributed by atoms with E-state index in [0.717, 1.165) is 32.4 Å². The lowest BCUT2D eigenvalue weighted by Crippen LogP contribution is -2.49. The Kier molecular flexibility index (Phi) is 7.37. The molecule has 6 heteroatoms. The Bertz CT molecular complexity index is 525. The normalized spacial score (nSPS) is 16.4. The molecule has 1 heterocycles. The van der Waals surface area contributed by atoms with Gasteiger partial charge < -0.3 is 25.5 Å². The number of anilines is 2. The zero-order chi connectivity index (χ0) is 18.2. The molecular weight excluding hydrogens is 316 g/mol. The number of carbonyl (C=O) groups excluding carboxylic acids is 1. The second-order valence-corrected chi connectivity index (χ2v) is 6.97. The van der Waals surface area contributed by atoms with Crippen molar-refractivity contribution in [2.45, 2.75) is 44.8 Å². The highest BCUT2D eigenvalue weighted by molar-refractivity contribution is 5.74. The van der Waals surface area contributed by atoms with E-state index in [2.05, 4.69) is 44.7 Å². The van der Waals surface area contributed by atoms with Crippen LogP contribution >= 0.6 is 0 Å². The molecule has 0 aromatic heterocycles. The van der Waals surface area contributed by atoms with Crippen molar-refractivity contribution in [1.82, 2.24) is 10.6 Å². The van der Waals surface area contributed by atoms with Crippen LogP contribution in [0.25, 0.3) is 0 Å². The summed E-state index contributed by atoms with van der Waals surface area (Å²) in [5, 5.41) is 15.4. The first-order chi connectivity index (χ1) is 12.0. The zero-order valence-electron chi connectivity index (χ0n) is 15.7. The fourth-order valence-electron chi connectivity index (χ4n) is 3.13. The van der Waals surface area contributed by atoms with Gasteiger partial charge in [0.15, 0.2) is 0 Å². The average molecular weight is 348 g/mol. The van der Waals surface area contributed by atoms with Crippen molar-refractivity contribution in [1.29, 1.82) is 0 Å². The number of aliphatic hydroxyl groups is 1. The minimum atomic E-state index is -0.456. The maximum absolute atomic E-state index is 11.9. The van der Waals surface area contributed by atoms with E-state index in [0.29, 0.717) is 13.0 Å². The summed E-state index contributed by atoms with van der Waals surface area (Å²) in [6.45, 7) is 4.21. The summed E-state index contributed by atoms with van der Waals surface area (Å²) in [6.07, 6.45) is 3.03. The van der Waals surface area contributed by atoms with Crippen molar-refractivity contribution < 1.29 is 9.90 Å². The molecule has 3 N–H and O–H groups in total. The van der Waals surface area contributed by atoms with Gasteiger partial charge in [0.2, 0.25) is 0 Å². The van der Waals surface area contributed by atoms with Crippen molar-refractivity contribution in [3.05, 3.63) is 24.3 Å². The van der Waals surface area contributed by atoms with E-state index in [9.17, 15) is 9.90 Å². The Morgan fingerprint density at radius 2 is 1.92 bits per heavy atom. The Balaban J connectivity index is 1.73. The molecule has 25 heavy (non-hydrogen) atoms. The highest BCUT2D eigenvalue weighted by Crippen LogP contribution is 2.22. The van der Waals surface area contributed by atoms with Crippen molar-refractivity contribution in [2.75, 3.05) is 43.5 Å². The molecule has 1 aliphatic rings. The molecule has 0 radical (unpaired) electrons. The first-order valence-electron chi connectivity index (χ1n) is 9.24. The summed E-state index contributed by atoms with van der Waals surface area (Å²) in [6, 6.07) is 8.60. The minimum absolute atomic E-state index is 0.177. The third-order valence-corrected chi connectivity index (χ3v) is 4.68. The van der Waals surface area contributed by atoms with Gasteiger partial charge in [0.05, 0.1) is 6.10 Å². The first-order valence-corrected chi connectivity index (χ1v) is 9.24. The van der Waals surface area contributed by atoms with Gasteiger partial charge in [-0.05, 0) is 43.5 Å². The highest BCUT2D eigenvalue weighted by Gasteiger charge is 2.21. The molecule has 1 saturated heterocycles. The molecule has 1 aromatic carbocycles. The van der Waals surface area contributed by atoms with Crippen LogP contribution in [0.15, 0.2) is 24.3 Å². The van der Waals surface area contributed by atoms with Crippen LogP contribution in [0.3, 0.4) is 0 Å². The number of piperidine rings is 1. The molecule has 0 spiro atoms. The van der Waals surface area contributed by atoms with E-state index >= 15 is 0 Å². The Labute approximate surface area is 151 Å². The highest BCUT2D eigenvalue weighted by atomic mass is 16.3. The van der Waals surface area contributed by atoms with E-state index in [-0.39, 0.29) is 12.1 Å². The van der Waals surface area contributed by atoms with Gasteiger partial charge in [0.1, 0.15) is 0 Å². The molecule has 2 rings (SSSR count). The van der Waals surface area contributed by atoms with Gasteiger partial charge in [-0.2, -0.15) is 0 Å². The molecule has 1 aromatic rings. The molecule has 0 bridgehead atoms. The number of carbonyl (C=O) groups is 1. The molecule has 140 valence electrons. The summed E-state index contributed by atoms with van der Waals surface area (Å²) < 4.78 is 0. The van der Waals surface area contributed by atoms with Gasteiger partial charge in [-0.3, -0.25) is 0 Å². The monoisotopic (exact) mass is 348 g/mol. The summed E-state index contributed by atoms with van der Waals surface area (Å²) >= 11 is 0. The molecule has 1 fully saturated rings. The standard InChI is InChI=1S/C19H32N4O2/c1-4-5-18(24)14-20-19(25)21-15-10-12-23(13-11-15)17-8-6-16(7-9-17)22(2)3/h6-9,15,18,24H,4-5,10-14H2,1-3H3,(H2,20,21,25).